The van der Waals surface area contributed by atoms with E-state index in [0.717, 1.165) is 25.2 Å². The van der Waals surface area contributed by atoms with Gasteiger partial charge in [0.2, 0.25) is 0 Å². The second-order valence-electron chi connectivity index (χ2n) is 9.14. The summed E-state index contributed by atoms with van der Waals surface area (Å²) in [6, 6.07) is 0. The molecule has 3 fully saturated rings. The zero-order valence-electron chi connectivity index (χ0n) is 14.6. The highest BCUT2D eigenvalue weighted by atomic mass is 16.4. The Bertz CT molecular complexity index is 607. The van der Waals surface area contributed by atoms with Crippen LogP contribution in [0.15, 0.2) is 16.8 Å². The van der Waals surface area contributed by atoms with E-state index in [2.05, 4.69) is 32.0 Å². The van der Waals surface area contributed by atoms with Gasteiger partial charge in [0.1, 0.15) is 5.71 Å². The lowest BCUT2D eigenvalue weighted by Crippen LogP contribution is -2.50. The molecule has 3 nitrogen and oxygen atoms in total. The van der Waals surface area contributed by atoms with Crippen LogP contribution in [0.1, 0.15) is 65.7 Å². The summed E-state index contributed by atoms with van der Waals surface area (Å²) in [5.41, 5.74) is 2.18. The lowest BCUT2D eigenvalue weighted by atomic mass is 9.47. The van der Waals surface area contributed by atoms with Crippen LogP contribution in [0.3, 0.4) is 0 Å². The molecule has 0 amide bonds. The highest BCUT2D eigenvalue weighted by molar-refractivity contribution is 6.43. The maximum Gasteiger partial charge on any atom is 0.186 e. The van der Waals surface area contributed by atoms with Crippen LogP contribution in [-0.2, 0) is 4.79 Å². The molecule has 1 N–H and O–H groups in total. The predicted octanol–water partition coefficient (Wildman–Crippen LogP) is 4.59. The summed E-state index contributed by atoms with van der Waals surface area (Å²) < 4.78 is 0. The molecule has 3 saturated carbocycles. The second kappa shape index (κ2) is 4.94. The van der Waals surface area contributed by atoms with Gasteiger partial charge in [0, 0.05) is 11.8 Å². The number of Topliss-reactive ketones (excluding diaryl/α,β-unsaturated/α-hetero) is 1. The molecule has 0 bridgehead atoms. The Morgan fingerprint density at radius 3 is 2.61 bits per heavy atom. The van der Waals surface area contributed by atoms with E-state index in [1.807, 2.05) is 0 Å². The van der Waals surface area contributed by atoms with Gasteiger partial charge in [-0.2, -0.15) is 0 Å². The minimum atomic E-state index is -0.285. The van der Waals surface area contributed by atoms with Crippen molar-refractivity contribution >= 4 is 11.5 Å². The fraction of sp³-hybridized carbons (Fsp3) is 0.800. The van der Waals surface area contributed by atoms with Crippen LogP contribution in [0.4, 0.5) is 0 Å². The smallest absolute Gasteiger partial charge is 0.186 e. The SMILES string of the molecule is CC1CC[C@@]2(C)C(=CC[C@@H]3[C@H]2CC[C@]2(C)C(=O)C(=NO)C[C@@H]32)C1. The van der Waals surface area contributed by atoms with Crippen molar-refractivity contribution < 1.29 is 10.0 Å². The molecule has 0 aromatic heterocycles. The number of rotatable bonds is 0. The number of carbonyl (C=O) groups is 1. The third kappa shape index (κ3) is 1.94. The average molecular weight is 315 g/mol. The van der Waals surface area contributed by atoms with Crippen LogP contribution in [0, 0.1) is 34.5 Å². The van der Waals surface area contributed by atoms with Gasteiger partial charge in [0.15, 0.2) is 5.78 Å². The molecule has 4 rings (SSSR count). The Hall–Kier alpha value is -1.12. The fourth-order valence-corrected chi connectivity index (χ4v) is 6.54. The Morgan fingerprint density at radius 1 is 1.13 bits per heavy atom. The third-order valence-corrected chi connectivity index (χ3v) is 8.05. The van der Waals surface area contributed by atoms with Crippen molar-refractivity contribution in [2.45, 2.75) is 65.7 Å². The maximum atomic E-state index is 12.7. The van der Waals surface area contributed by atoms with Gasteiger partial charge in [0.05, 0.1) is 0 Å². The van der Waals surface area contributed by atoms with Crippen molar-refractivity contribution in [3.63, 3.8) is 0 Å². The van der Waals surface area contributed by atoms with Crippen molar-refractivity contribution in [1.82, 2.24) is 0 Å². The van der Waals surface area contributed by atoms with Crippen LogP contribution >= 0.6 is 0 Å². The monoisotopic (exact) mass is 315 g/mol. The minimum Gasteiger partial charge on any atom is -0.411 e. The third-order valence-electron chi connectivity index (χ3n) is 8.05. The number of ketones is 1. The van der Waals surface area contributed by atoms with E-state index < -0.39 is 0 Å². The summed E-state index contributed by atoms with van der Waals surface area (Å²) in [6.07, 6.45) is 10.3. The summed E-state index contributed by atoms with van der Waals surface area (Å²) in [4.78, 5) is 12.7. The van der Waals surface area contributed by atoms with E-state index in [0.29, 0.717) is 35.3 Å². The van der Waals surface area contributed by atoms with Gasteiger partial charge >= 0.3 is 0 Å². The first-order valence-electron chi connectivity index (χ1n) is 9.35. The van der Waals surface area contributed by atoms with E-state index >= 15 is 0 Å². The number of hydrogen-bond acceptors (Lipinski definition) is 3. The summed E-state index contributed by atoms with van der Waals surface area (Å²) in [5.74, 6) is 2.59. The normalized spacial score (nSPS) is 51.0. The van der Waals surface area contributed by atoms with Crippen LogP contribution in [0.25, 0.3) is 0 Å². The molecular formula is C20H29NO2. The van der Waals surface area contributed by atoms with Crippen LogP contribution < -0.4 is 0 Å². The highest BCUT2D eigenvalue weighted by Gasteiger charge is 2.60. The minimum absolute atomic E-state index is 0.112. The molecule has 0 heterocycles. The van der Waals surface area contributed by atoms with Gasteiger partial charge < -0.3 is 5.21 Å². The summed E-state index contributed by atoms with van der Waals surface area (Å²) >= 11 is 0. The van der Waals surface area contributed by atoms with Gasteiger partial charge in [-0.05, 0) is 67.6 Å². The van der Waals surface area contributed by atoms with Crippen molar-refractivity contribution in [3.05, 3.63) is 11.6 Å². The predicted molar refractivity (Wildman–Crippen MR) is 90.5 cm³/mol. The van der Waals surface area contributed by atoms with Gasteiger partial charge in [0.25, 0.3) is 0 Å². The molecule has 0 spiro atoms. The molecule has 23 heavy (non-hydrogen) atoms. The molecule has 0 saturated heterocycles. The second-order valence-corrected chi connectivity index (χ2v) is 9.14. The van der Waals surface area contributed by atoms with Crippen LogP contribution in [0.5, 0.6) is 0 Å². The molecule has 0 aliphatic heterocycles. The molecule has 6 atom stereocenters. The van der Waals surface area contributed by atoms with E-state index in [4.69, 9.17) is 0 Å². The van der Waals surface area contributed by atoms with E-state index in [9.17, 15) is 10.0 Å². The Kier molecular flexibility index (Phi) is 3.31. The van der Waals surface area contributed by atoms with Gasteiger partial charge in [-0.1, -0.05) is 37.6 Å². The number of fused-ring (bicyclic) bond motifs is 5. The first-order valence-corrected chi connectivity index (χ1v) is 9.35. The molecule has 1 unspecified atom stereocenters. The number of hydrogen-bond donors (Lipinski definition) is 1. The molecule has 3 heteroatoms. The van der Waals surface area contributed by atoms with Crippen molar-refractivity contribution in [3.8, 4) is 0 Å². The molecule has 0 aromatic rings. The topological polar surface area (TPSA) is 49.7 Å². The zero-order valence-corrected chi connectivity index (χ0v) is 14.6. The van der Waals surface area contributed by atoms with Crippen molar-refractivity contribution in [2.75, 3.05) is 0 Å². The molecular weight excluding hydrogens is 286 g/mol. The number of oxime groups is 1. The Morgan fingerprint density at radius 2 is 1.87 bits per heavy atom. The quantitative estimate of drug-likeness (QED) is 0.403. The maximum absolute atomic E-state index is 12.7. The van der Waals surface area contributed by atoms with Gasteiger partial charge in [-0.25, -0.2) is 0 Å². The average Bonchev–Trinajstić information content (AvgIpc) is 2.79. The molecule has 4 aliphatic carbocycles. The number of nitrogens with zero attached hydrogens (tertiary/aromatic N) is 1. The van der Waals surface area contributed by atoms with E-state index in [1.54, 1.807) is 5.57 Å². The van der Waals surface area contributed by atoms with Gasteiger partial charge in [-0.15, -0.1) is 0 Å². The first kappa shape index (κ1) is 15.4. The molecule has 0 aromatic carbocycles. The standard InChI is InChI=1S/C20H29NO2/c1-12-6-8-19(2)13(10-12)4-5-14-15(19)7-9-20(3)16(14)11-17(21-23)18(20)22/h4,12,14-16,23H,5-11H2,1-3H3/t12?,14-,15-,16+,19+,20+/m1/s1. The molecule has 4 aliphatic rings. The van der Waals surface area contributed by atoms with Gasteiger partial charge in [-0.3, -0.25) is 4.79 Å². The van der Waals surface area contributed by atoms with E-state index in [-0.39, 0.29) is 11.2 Å². The Labute approximate surface area is 139 Å². The highest BCUT2D eigenvalue weighted by Crippen LogP contribution is 2.63. The van der Waals surface area contributed by atoms with E-state index in [1.165, 1.54) is 19.3 Å². The van der Waals surface area contributed by atoms with Crippen molar-refractivity contribution in [2.24, 2.45) is 39.7 Å². The first-order chi connectivity index (χ1) is 10.9. The summed E-state index contributed by atoms with van der Waals surface area (Å²) in [7, 11) is 0. The van der Waals surface area contributed by atoms with Crippen LogP contribution in [-0.4, -0.2) is 16.7 Å². The Balaban J connectivity index is 1.71. The zero-order chi connectivity index (χ0) is 16.4. The summed E-state index contributed by atoms with van der Waals surface area (Å²) in [5, 5.41) is 12.6. The van der Waals surface area contributed by atoms with Crippen LogP contribution in [0.2, 0.25) is 0 Å². The largest absolute Gasteiger partial charge is 0.411 e. The van der Waals surface area contributed by atoms with Crippen molar-refractivity contribution in [1.29, 1.82) is 0 Å². The fourth-order valence-electron chi connectivity index (χ4n) is 6.54. The number of carbonyl (C=O) groups excluding carboxylic acids is 1. The lowest BCUT2D eigenvalue weighted by Gasteiger charge is -2.56. The molecule has 0 radical (unpaired) electrons. The number of allylic oxidation sites excluding steroid dienone is 2. The summed E-state index contributed by atoms with van der Waals surface area (Å²) in [6.45, 7) is 6.99. The lowest BCUT2D eigenvalue weighted by molar-refractivity contribution is -0.128. The molecule has 126 valence electrons.